The first-order chi connectivity index (χ1) is 5.37. The Balaban J connectivity index is 3.87. The van der Waals surface area contributed by atoms with Gasteiger partial charge < -0.3 is 4.74 Å². The molecular weight excluding hydrogens is 180 g/mol. The SMILES string of the molecule is CC(C)(C)OC(=O)N(N)CCCl. The molecule has 5 heteroatoms. The van der Waals surface area contributed by atoms with Gasteiger partial charge in [-0.05, 0) is 20.8 Å². The fourth-order valence-corrected chi connectivity index (χ4v) is 0.685. The molecule has 0 heterocycles. The highest BCUT2D eigenvalue weighted by molar-refractivity contribution is 6.18. The fourth-order valence-electron chi connectivity index (χ4n) is 0.503. The first-order valence-electron chi connectivity index (χ1n) is 3.68. The number of rotatable bonds is 2. The van der Waals surface area contributed by atoms with Crippen LogP contribution >= 0.6 is 11.6 Å². The maximum atomic E-state index is 11.1. The Kier molecular flexibility index (Phi) is 4.34. The Morgan fingerprint density at radius 2 is 2.08 bits per heavy atom. The highest BCUT2D eigenvalue weighted by atomic mass is 35.5. The molecule has 0 fully saturated rings. The Morgan fingerprint density at radius 1 is 1.58 bits per heavy atom. The molecule has 4 nitrogen and oxygen atoms in total. The van der Waals surface area contributed by atoms with E-state index in [4.69, 9.17) is 22.2 Å². The van der Waals surface area contributed by atoms with Gasteiger partial charge in [-0.15, -0.1) is 11.6 Å². The number of hydrogen-bond donors (Lipinski definition) is 1. The molecule has 0 bridgehead atoms. The van der Waals surface area contributed by atoms with Crippen molar-refractivity contribution in [2.45, 2.75) is 26.4 Å². The number of nitrogens with two attached hydrogens (primary N) is 1. The number of alkyl halides is 1. The Bertz CT molecular complexity index is 156. The van der Waals surface area contributed by atoms with Gasteiger partial charge in [0.05, 0.1) is 6.54 Å². The molecule has 0 aromatic carbocycles. The quantitative estimate of drug-likeness (QED) is 0.312. The summed E-state index contributed by atoms with van der Waals surface area (Å²) in [6, 6.07) is 0. The van der Waals surface area contributed by atoms with E-state index in [2.05, 4.69) is 0 Å². The predicted molar refractivity (Wildman–Crippen MR) is 47.8 cm³/mol. The standard InChI is InChI=1S/C7H15ClN2O2/c1-7(2,3)12-6(11)10(9)5-4-8/h4-5,9H2,1-3H3. The molecule has 0 aromatic heterocycles. The summed E-state index contributed by atoms with van der Waals surface area (Å²) in [7, 11) is 0. The minimum absolute atomic E-state index is 0.288. The summed E-state index contributed by atoms with van der Waals surface area (Å²) in [4.78, 5) is 11.1. The third-order valence-electron chi connectivity index (χ3n) is 0.953. The summed E-state index contributed by atoms with van der Waals surface area (Å²) in [6.07, 6.45) is -0.553. The maximum absolute atomic E-state index is 11.1. The van der Waals surface area contributed by atoms with E-state index in [1.807, 2.05) is 0 Å². The summed E-state index contributed by atoms with van der Waals surface area (Å²) >= 11 is 5.38. The lowest BCUT2D eigenvalue weighted by Crippen LogP contribution is -2.42. The van der Waals surface area contributed by atoms with E-state index in [-0.39, 0.29) is 6.54 Å². The van der Waals surface area contributed by atoms with Crippen LogP contribution in [-0.4, -0.2) is 29.1 Å². The van der Waals surface area contributed by atoms with E-state index in [0.717, 1.165) is 5.01 Å². The molecule has 0 aliphatic heterocycles. The number of amides is 1. The average molecular weight is 195 g/mol. The Morgan fingerprint density at radius 3 is 2.42 bits per heavy atom. The monoisotopic (exact) mass is 194 g/mol. The number of nitrogens with zero attached hydrogens (tertiary/aromatic N) is 1. The lowest BCUT2D eigenvalue weighted by atomic mass is 10.2. The number of carbonyl (C=O) groups is 1. The molecule has 0 saturated carbocycles. The molecular formula is C7H15ClN2O2. The van der Waals surface area contributed by atoms with Crippen LogP contribution in [0.4, 0.5) is 4.79 Å². The minimum Gasteiger partial charge on any atom is -0.443 e. The van der Waals surface area contributed by atoms with Crippen molar-refractivity contribution in [2.24, 2.45) is 5.84 Å². The summed E-state index contributed by atoms with van der Waals surface area (Å²) < 4.78 is 4.96. The number of halogens is 1. The van der Waals surface area contributed by atoms with Crippen molar-refractivity contribution < 1.29 is 9.53 Å². The smallest absolute Gasteiger partial charge is 0.424 e. The van der Waals surface area contributed by atoms with Crippen LogP contribution in [-0.2, 0) is 4.74 Å². The van der Waals surface area contributed by atoms with Gasteiger partial charge in [0.15, 0.2) is 0 Å². The van der Waals surface area contributed by atoms with Crippen LogP contribution < -0.4 is 5.84 Å². The fraction of sp³-hybridized carbons (Fsp3) is 0.857. The molecule has 0 unspecified atom stereocenters. The number of hydrazine groups is 1. The van der Waals surface area contributed by atoms with Crippen molar-refractivity contribution in [1.29, 1.82) is 0 Å². The van der Waals surface area contributed by atoms with E-state index in [0.29, 0.717) is 5.88 Å². The molecule has 0 rings (SSSR count). The first-order valence-corrected chi connectivity index (χ1v) is 4.21. The van der Waals surface area contributed by atoms with Crippen molar-refractivity contribution in [3.8, 4) is 0 Å². The minimum atomic E-state index is -0.553. The zero-order valence-corrected chi connectivity index (χ0v) is 8.39. The van der Waals surface area contributed by atoms with Crippen LogP contribution in [0, 0.1) is 0 Å². The Labute approximate surface area is 77.6 Å². The maximum Gasteiger partial charge on any atom is 0.424 e. The normalized spacial score (nSPS) is 11.1. The number of hydrogen-bond acceptors (Lipinski definition) is 3. The summed E-state index contributed by atoms with van der Waals surface area (Å²) in [5.41, 5.74) is -0.513. The Hall–Kier alpha value is -0.480. The van der Waals surface area contributed by atoms with Crippen molar-refractivity contribution in [1.82, 2.24) is 5.01 Å². The first kappa shape index (κ1) is 11.5. The third-order valence-corrected chi connectivity index (χ3v) is 1.12. The van der Waals surface area contributed by atoms with E-state index < -0.39 is 11.7 Å². The van der Waals surface area contributed by atoms with Crippen LogP contribution in [0.15, 0.2) is 0 Å². The van der Waals surface area contributed by atoms with E-state index >= 15 is 0 Å². The van der Waals surface area contributed by atoms with Gasteiger partial charge in [0.25, 0.3) is 0 Å². The molecule has 2 N–H and O–H groups in total. The van der Waals surface area contributed by atoms with Crippen LogP contribution in [0.25, 0.3) is 0 Å². The van der Waals surface area contributed by atoms with E-state index in [9.17, 15) is 4.79 Å². The van der Waals surface area contributed by atoms with Gasteiger partial charge in [-0.2, -0.15) is 0 Å². The summed E-state index contributed by atoms with van der Waals surface area (Å²) in [5, 5.41) is 0.957. The molecule has 1 amide bonds. The molecule has 0 aliphatic rings. The van der Waals surface area contributed by atoms with Gasteiger partial charge in [-0.3, -0.25) is 0 Å². The third kappa shape index (κ3) is 5.21. The predicted octanol–water partition coefficient (Wildman–Crippen LogP) is 1.34. The number of carbonyl (C=O) groups excluding carboxylic acids is 1. The highest BCUT2D eigenvalue weighted by Gasteiger charge is 2.19. The van der Waals surface area contributed by atoms with Crippen LogP contribution in [0.5, 0.6) is 0 Å². The van der Waals surface area contributed by atoms with Crippen LogP contribution in [0.2, 0.25) is 0 Å². The second-order valence-electron chi connectivity index (χ2n) is 3.36. The number of ether oxygens (including phenoxy) is 1. The lowest BCUT2D eigenvalue weighted by molar-refractivity contribution is 0.0260. The van der Waals surface area contributed by atoms with Gasteiger partial charge >= 0.3 is 6.09 Å². The van der Waals surface area contributed by atoms with Crippen molar-refractivity contribution in [3.05, 3.63) is 0 Å². The van der Waals surface area contributed by atoms with Gasteiger partial charge in [-0.25, -0.2) is 15.6 Å². The molecule has 0 aromatic rings. The zero-order valence-electron chi connectivity index (χ0n) is 7.63. The van der Waals surface area contributed by atoms with E-state index in [1.165, 1.54) is 0 Å². The van der Waals surface area contributed by atoms with Gasteiger partial charge in [0, 0.05) is 5.88 Å². The lowest BCUT2D eigenvalue weighted by Gasteiger charge is -2.23. The molecule has 0 aliphatic carbocycles. The average Bonchev–Trinajstić information content (AvgIpc) is 1.84. The topological polar surface area (TPSA) is 55.6 Å². The van der Waals surface area contributed by atoms with Crippen molar-refractivity contribution >= 4 is 17.7 Å². The van der Waals surface area contributed by atoms with Crippen molar-refractivity contribution in [2.75, 3.05) is 12.4 Å². The van der Waals surface area contributed by atoms with Crippen molar-refractivity contribution in [3.63, 3.8) is 0 Å². The van der Waals surface area contributed by atoms with Crippen LogP contribution in [0.1, 0.15) is 20.8 Å². The molecule has 0 atom stereocenters. The van der Waals surface area contributed by atoms with Crippen LogP contribution in [0.3, 0.4) is 0 Å². The zero-order chi connectivity index (χ0) is 9.78. The molecule has 0 radical (unpaired) electrons. The van der Waals surface area contributed by atoms with Gasteiger partial charge in [0.2, 0.25) is 0 Å². The highest BCUT2D eigenvalue weighted by Crippen LogP contribution is 2.08. The largest absolute Gasteiger partial charge is 0.443 e. The molecule has 12 heavy (non-hydrogen) atoms. The summed E-state index contributed by atoms with van der Waals surface area (Å²) in [6.45, 7) is 5.62. The molecule has 72 valence electrons. The summed E-state index contributed by atoms with van der Waals surface area (Å²) in [5.74, 6) is 5.61. The van der Waals surface area contributed by atoms with E-state index in [1.54, 1.807) is 20.8 Å². The van der Waals surface area contributed by atoms with Gasteiger partial charge in [0.1, 0.15) is 5.60 Å². The molecule has 0 saturated heterocycles. The second kappa shape index (κ2) is 4.52. The van der Waals surface area contributed by atoms with Gasteiger partial charge in [-0.1, -0.05) is 0 Å². The molecule has 0 spiro atoms. The second-order valence-corrected chi connectivity index (χ2v) is 3.74.